The molecule has 1 heterocycles. The van der Waals surface area contributed by atoms with Crippen molar-refractivity contribution in [1.82, 2.24) is 9.97 Å². The first-order valence-corrected chi connectivity index (χ1v) is 7.50. The Labute approximate surface area is 113 Å². The van der Waals surface area contributed by atoms with Crippen LogP contribution >= 0.6 is 23.4 Å². The summed E-state index contributed by atoms with van der Waals surface area (Å²) in [6.07, 6.45) is 4.28. The van der Waals surface area contributed by atoms with Gasteiger partial charge in [-0.25, -0.2) is 9.97 Å². The Kier molecular flexibility index (Phi) is 6.06. The Hall–Kier alpha value is -0.480. The van der Waals surface area contributed by atoms with Gasteiger partial charge in [0.25, 0.3) is 0 Å². The fourth-order valence-electron chi connectivity index (χ4n) is 1.64. The largest absolute Gasteiger partial charge is 0.367 e. The van der Waals surface area contributed by atoms with E-state index in [0.717, 1.165) is 18.2 Å². The smallest absolute Gasteiger partial charge is 0.190 e. The Morgan fingerprint density at radius 3 is 2.71 bits per heavy atom. The van der Waals surface area contributed by atoms with E-state index in [0.29, 0.717) is 16.4 Å². The van der Waals surface area contributed by atoms with Crippen LogP contribution in [0.4, 0.5) is 5.82 Å². The third-order valence-electron chi connectivity index (χ3n) is 2.70. The lowest BCUT2D eigenvalue weighted by Gasteiger charge is -2.18. The zero-order valence-corrected chi connectivity index (χ0v) is 12.4. The van der Waals surface area contributed by atoms with Crippen LogP contribution < -0.4 is 5.32 Å². The van der Waals surface area contributed by atoms with Crippen molar-refractivity contribution in [2.45, 2.75) is 44.8 Å². The third kappa shape index (κ3) is 5.13. The molecule has 0 saturated heterocycles. The molecular weight excluding hydrogens is 254 g/mol. The number of thioether (sulfide) groups is 1. The van der Waals surface area contributed by atoms with Gasteiger partial charge < -0.3 is 5.32 Å². The van der Waals surface area contributed by atoms with Crippen LogP contribution in [0.5, 0.6) is 0 Å². The van der Waals surface area contributed by atoms with Crippen LogP contribution in [0.1, 0.15) is 33.6 Å². The van der Waals surface area contributed by atoms with E-state index < -0.39 is 0 Å². The molecule has 3 nitrogen and oxygen atoms in total. The second kappa shape index (κ2) is 7.07. The van der Waals surface area contributed by atoms with Crippen LogP contribution in [0.15, 0.2) is 11.2 Å². The Morgan fingerprint density at radius 2 is 2.12 bits per heavy atom. The Morgan fingerprint density at radius 1 is 1.41 bits per heavy atom. The van der Waals surface area contributed by atoms with Gasteiger partial charge in [0.1, 0.15) is 11.0 Å². The molecule has 1 aromatic rings. The second-order valence-corrected chi connectivity index (χ2v) is 5.52. The normalized spacial score (nSPS) is 14.4. The second-order valence-electron chi connectivity index (χ2n) is 4.36. The van der Waals surface area contributed by atoms with Gasteiger partial charge in [-0.1, -0.05) is 43.6 Å². The molecule has 0 aromatic carbocycles. The van der Waals surface area contributed by atoms with E-state index in [4.69, 9.17) is 11.6 Å². The van der Waals surface area contributed by atoms with Gasteiger partial charge in [0.15, 0.2) is 5.16 Å². The van der Waals surface area contributed by atoms with E-state index >= 15 is 0 Å². The van der Waals surface area contributed by atoms with Crippen LogP contribution in [0, 0.1) is 5.92 Å². The maximum Gasteiger partial charge on any atom is 0.190 e. The topological polar surface area (TPSA) is 37.8 Å². The van der Waals surface area contributed by atoms with Crippen LogP contribution in [-0.4, -0.2) is 22.3 Å². The molecule has 0 aliphatic rings. The molecule has 17 heavy (non-hydrogen) atoms. The molecular formula is C12H20ClN3S. The standard InChI is InChI=1S/C12H20ClN3S/c1-5-8(2)6-9(3)14-11-7-10(13)15-12(16-11)17-4/h7-9H,5-6H2,1-4H3,(H,14,15,16). The number of nitrogens with one attached hydrogen (secondary N) is 1. The predicted molar refractivity (Wildman–Crippen MR) is 76.0 cm³/mol. The van der Waals surface area contributed by atoms with Crippen LogP contribution in [0.25, 0.3) is 0 Å². The van der Waals surface area contributed by atoms with Crippen molar-refractivity contribution in [1.29, 1.82) is 0 Å². The molecule has 0 aliphatic carbocycles. The van der Waals surface area contributed by atoms with Gasteiger partial charge in [-0.15, -0.1) is 0 Å². The molecule has 0 fully saturated rings. The first-order valence-electron chi connectivity index (χ1n) is 5.90. The van der Waals surface area contributed by atoms with E-state index in [9.17, 15) is 0 Å². The molecule has 0 amide bonds. The minimum atomic E-state index is 0.394. The molecule has 0 saturated carbocycles. The monoisotopic (exact) mass is 273 g/mol. The molecule has 2 atom stereocenters. The van der Waals surface area contributed by atoms with E-state index in [-0.39, 0.29) is 0 Å². The highest BCUT2D eigenvalue weighted by atomic mass is 35.5. The molecule has 96 valence electrons. The molecule has 5 heteroatoms. The van der Waals surface area contributed by atoms with Crippen molar-refractivity contribution >= 4 is 29.2 Å². The molecule has 0 spiro atoms. The zero-order chi connectivity index (χ0) is 12.8. The van der Waals surface area contributed by atoms with E-state index in [1.165, 1.54) is 18.2 Å². The van der Waals surface area contributed by atoms with Crippen molar-refractivity contribution in [3.05, 3.63) is 11.2 Å². The van der Waals surface area contributed by atoms with Gasteiger partial charge in [0.2, 0.25) is 0 Å². The predicted octanol–water partition coefficient (Wildman–Crippen LogP) is 4.09. The maximum absolute atomic E-state index is 5.94. The van der Waals surface area contributed by atoms with Crippen LogP contribution in [0.2, 0.25) is 5.15 Å². The number of anilines is 1. The minimum absolute atomic E-state index is 0.394. The fraction of sp³-hybridized carbons (Fsp3) is 0.667. The number of hydrogen-bond donors (Lipinski definition) is 1. The van der Waals surface area contributed by atoms with Gasteiger partial charge in [-0.3, -0.25) is 0 Å². The van der Waals surface area contributed by atoms with Crippen molar-refractivity contribution in [2.75, 3.05) is 11.6 Å². The van der Waals surface area contributed by atoms with Crippen molar-refractivity contribution < 1.29 is 0 Å². The van der Waals surface area contributed by atoms with Gasteiger partial charge >= 0.3 is 0 Å². The van der Waals surface area contributed by atoms with Gasteiger partial charge in [-0.2, -0.15) is 0 Å². The molecule has 1 rings (SSSR count). The summed E-state index contributed by atoms with van der Waals surface area (Å²) < 4.78 is 0. The van der Waals surface area contributed by atoms with Crippen molar-refractivity contribution in [3.63, 3.8) is 0 Å². The first-order chi connectivity index (χ1) is 8.05. The number of aromatic nitrogens is 2. The highest BCUT2D eigenvalue weighted by Crippen LogP contribution is 2.19. The van der Waals surface area contributed by atoms with Crippen molar-refractivity contribution in [2.24, 2.45) is 5.92 Å². The number of halogens is 1. The minimum Gasteiger partial charge on any atom is -0.367 e. The van der Waals surface area contributed by atoms with Gasteiger partial charge in [0.05, 0.1) is 0 Å². The molecule has 1 N–H and O–H groups in total. The number of nitrogens with zero attached hydrogens (tertiary/aromatic N) is 2. The van der Waals surface area contributed by atoms with Crippen LogP contribution in [-0.2, 0) is 0 Å². The SMILES string of the molecule is CCC(C)CC(C)Nc1cc(Cl)nc(SC)n1. The summed E-state index contributed by atoms with van der Waals surface area (Å²) in [5, 5.41) is 4.57. The summed E-state index contributed by atoms with van der Waals surface area (Å²) in [6, 6.07) is 2.17. The highest BCUT2D eigenvalue weighted by molar-refractivity contribution is 7.98. The van der Waals surface area contributed by atoms with Crippen LogP contribution in [0.3, 0.4) is 0 Å². The third-order valence-corrected chi connectivity index (χ3v) is 3.45. The summed E-state index contributed by atoms with van der Waals surface area (Å²) in [4.78, 5) is 8.50. The average Bonchev–Trinajstić information content (AvgIpc) is 2.27. The van der Waals surface area contributed by atoms with Gasteiger partial charge in [-0.05, 0) is 25.5 Å². The molecule has 0 aliphatic heterocycles. The Bertz CT molecular complexity index is 360. The van der Waals surface area contributed by atoms with E-state index in [1.54, 1.807) is 6.07 Å². The van der Waals surface area contributed by atoms with Gasteiger partial charge in [0, 0.05) is 12.1 Å². The lowest BCUT2D eigenvalue weighted by molar-refractivity contribution is 0.483. The van der Waals surface area contributed by atoms with E-state index in [1.807, 2.05) is 6.26 Å². The number of rotatable bonds is 6. The van der Waals surface area contributed by atoms with E-state index in [2.05, 4.69) is 36.1 Å². The molecule has 2 unspecified atom stereocenters. The summed E-state index contributed by atoms with van der Waals surface area (Å²) in [5.74, 6) is 1.53. The fourth-order valence-corrected chi connectivity index (χ4v) is 2.26. The average molecular weight is 274 g/mol. The molecule has 0 radical (unpaired) electrons. The summed E-state index contributed by atoms with van der Waals surface area (Å²) in [6.45, 7) is 6.64. The summed E-state index contributed by atoms with van der Waals surface area (Å²) >= 11 is 7.44. The lowest BCUT2D eigenvalue weighted by atomic mass is 10.0. The summed E-state index contributed by atoms with van der Waals surface area (Å²) in [5.41, 5.74) is 0. The molecule has 1 aromatic heterocycles. The molecule has 0 bridgehead atoms. The summed E-state index contributed by atoms with van der Waals surface area (Å²) in [7, 11) is 0. The van der Waals surface area contributed by atoms with Crippen molar-refractivity contribution in [3.8, 4) is 0 Å². The highest BCUT2D eigenvalue weighted by Gasteiger charge is 2.09. The zero-order valence-electron chi connectivity index (χ0n) is 10.8. The number of hydrogen-bond acceptors (Lipinski definition) is 4. The quantitative estimate of drug-likeness (QED) is 0.481. The lowest BCUT2D eigenvalue weighted by Crippen LogP contribution is -2.19. The maximum atomic E-state index is 5.94. The Balaban J connectivity index is 2.64. The first kappa shape index (κ1) is 14.6.